The lowest BCUT2D eigenvalue weighted by Crippen LogP contribution is -2.60. The zero-order valence-electron chi connectivity index (χ0n) is 23.6. The van der Waals surface area contributed by atoms with E-state index in [1.54, 1.807) is 36.5 Å². The number of unbranched alkanes of at least 4 members (excludes halogenated alkanes) is 1. The fraction of sp³-hybridized carbons (Fsp3) is 0.400. The molecular formula is C30H40N6O6. The number of amides is 3. The van der Waals surface area contributed by atoms with Crippen LogP contribution in [0.5, 0.6) is 0 Å². The van der Waals surface area contributed by atoms with Crippen LogP contribution in [0.3, 0.4) is 0 Å². The van der Waals surface area contributed by atoms with Crippen molar-refractivity contribution in [1.29, 1.82) is 0 Å². The normalized spacial score (nSPS) is 14.8. The molecule has 5 atom stereocenters. The first-order valence-electron chi connectivity index (χ1n) is 14.0. The number of aliphatic carboxylic acids is 1. The molecule has 1 aromatic heterocycles. The minimum absolute atomic E-state index is 0.00841. The highest BCUT2D eigenvalue weighted by atomic mass is 16.4. The van der Waals surface area contributed by atoms with E-state index in [4.69, 9.17) is 11.5 Å². The number of para-hydroxylation sites is 1. The summed E-state index contributed by atoms with van der Waals surface area (Å²) in [7, 11) is 0. The number of aromatic nitrogens is 1. The summed E-state index contributed by atoms with van der Waals surface area (Å²) in [5.74, 6) is -3.40. The van der Waals surface area contributed by atoms with Crippen molar-refractivity contribution in [2.75, 3.05) is 6.54 Å². The van der Waals surface area contributed by atoms with Crippen molar-refractivity contribution >= 4 is 34.6 Å². The van der Waals surface area contributed by atoms with Crippen LogP contribution in [-0.4, -0.2) is 75.7 Å². The molecule has 0 spiro atoms. The maximum atomic E-state index is 13.3. The van der Waals surface area contributed by atoms with Crippen molar-refractivity contribution in [3.63, 3.8) is 0 Å². The topological polar surface area (TPSA) is 213 Å². The average molecular weight is 581 g/mol. The summed E-state index contributed by atoms with van der Waals surface area (Å²) in [6.45, 7) is 1.69. The smallest absolute Gasteiger partial charge is 0.326 e. The molecule has 3 rings (SSSR count). The third-order valence-electron chi connectivity index (χ3n) is 6.99. The summed E-state index contributed by atoms with van der Waals surface area (Å²) >= 11 is 0. The first kappa shape index (κ1) is 32.3. The highest BCUT2D eigenvalue weighted by molar-refractivity contribution is 5.94. The van der Waals surface area contributed by atoms with Gasteiger partial charge in [0.2, 0.25) is 17.7 Å². The number of aromatic amines is 1. The summed E-state index contributed by atoms with van der Waals surface area (Å²) in [5, 5.41) is 28.5. The Kier molecular flexibility index (Phi) is 12.0. The number of rotatable bonds is 16. The fourth-order valence-electron chi connectivity index (χ4n) is 4.64. The monoisotopic (exact) mass is 580 g/mol. The van der Waals surface area contributed by atoms with Gasteiger partial charge in [0, 0.05) is 23.5 Å². The first-order valence-corrected chi connectivity index (χ1v) is 14.0. The van der Waals surface area contributed by atoms with E-state index in [1.807, 2.05) is 24.3 Å². The maximum Gasteiger partial charge on any atom is 0.326 e. The molecular weight excluding hydrogens is 540 g/mol. The van der Waals surface area contributed by atoms with Gasteiger partial charge >= 0.3 is 5.97 Å². The summed E-state index contributed by atoms with van der Waals surface area (Å²) in [5.41, 5.74) is 14.3. The predicted octanol–water partition coefficient (Wildman–Crippen LogP) is 0.329. The highest BCUT2D eigenvalue weighted by Gasteiger charge is 2.32. The van der Waals surface area contributed by atoms with Gasteiger partial charge in [0.05, 0.1) is 12.1 Å². The number of H-pyrrole nitrogens is 1. The molecule has 3 amide bonds. The molecule has 0 aliphatic heterocycles. The molecule has 12 heteroatoms. The number of carbonyl (C=O) groups excluding carboxylic acids is 3. The van der Waals surface area contributed by atoms with Crippen molar-refractivity contribution < 1.29 is 29.4 Å². The number of fused-ring (bicyclic) bond motifs is 1. The molecule has 0 bridgehead atoms. The molecule has 5 unspecified atom stereocenters. The summed E-state index contributed by atoms with van der Waals surface area (Å²) in [6, 6.07) is 11.6. The highest BCUT2D eigenvalue weighted by Crippen LogP contribution is 2.19. The minimum atomic E-state index is -1.47. The lowest BCUT2D eigenvalue weighted by atomic mass is 10.0. The Morgan fingerprint density at radius 1 is 0.857 bits per heavy atom. The van der Waals surface area contributed by atoms with Crippen LogP contribution in [0, 0.1) is 0 Å². The van der Waals surface area contributed by atoms with Crippen LogP contribution in [0.4, 0.5) is 0 Å². The molecule has 0 radical (unpaired) electrons. The Balaban J connectivity index is 1.68. The Morgan fingerprint density at radius 2 is 1.52 bits per heavy atom. The Morgan fingerprint density at radius 3 is 2.19 bits per heavy atom. The van der Waals surface area contributed by atoms with E-state index in [1.165, 1.54) is 6.92 Å². The van der Waals surface area contributed by atoms with E-state index < -0.39 is 54.0 Å². The van der Waals surface area contributed by atoms with Crippen molar-refractivity contribution in [1.82, 2.24) is 20.9 Å². The van der Waals surface area contributed by atoms with Crippen LogP contribution < -0.4 is 27.4 Å². The third-order valence-corrected chi connectivity index (χ3v) is 6.99. The van der Waals surface area contributed by atoms with E-state index in [0.717, 1.165) is 16.5 Å². The number of carbonyl (C=O) groups is 4. The number of carboxylic acid groups (broad SMARTS) is 1. The molecule has 226 valence electrons. The molecule has 0 saturated heterocycles. The van der Waals surface area contributed by atoms with Crippen LogP contribution in [0.1, 0.15) is 37.3 Å². The average Bonchev–Trinajstić information content (AvgIpc) is 3.37. The second kappa shape index (κ2) is 15.7. The zero-order valence-corrected chi connectivity index (χ0v) is 23.6. The van der Waals surface area contributed by atoms with Gasteiger partial charge in [0.25, 0.3) is 0 Å². The van der Waals surface area contributed by atoms with Gasteiger partial charge in [-0.1, -0.05) is 48.5 Å². The fourth-order valence-corrected chi connectivity index (χ4v) is 4.64. The number of nitrogens with one attached hydrogen (secondary N) is 4. The first-order chi connectivity index (χ1) is 20.1. The predicted molar refractivity (Wildman–Crippen MR) is 158 cm³/mol. The lowest BCUT2D eigenvalue weighted by molar-refractivity contribution is -0.143. The molecule has 10 N–H and O–H groups in total. The number of aliphatic hydroxyl groups excluding tert-OH is 1. The van der Waals surface area contributed by atoms with Gasteiger partial charge < -0.3 is 42.6 Å². The largest absolute Gasteiger partial charge is 0.480 e. The molecule has 0 fully saturated rings. The number of hydrogen-bond acceptors (Lipinski definition) is 7. The number of aliphatic hydroxyl groups is 1. The second-order valence-corrected chi connectivity index (χ2v) is 10.3. The van der Waals surface area contributed by atoms with E-state index in [2.05, 4.69) is 20.9 Å². The molecule has 42 heavy (non-hydrogen) atoms. The number of benzene rings is 2. The van der Waals surface area contributed by atoms with Crippen LogP contribution in [0.2, 0.25) is 0 Å². The number of carboxylic acids is 1. The maximum absolute atomic E-state index is 13.3. The molecule has 0 aliphatic rings. The van der Waals surface area contributed by atoms with Crippen LogP contribution in [-0.2, 0) is 32.0 Å². The van der Waals surface area contributed by atoms with Gasteiger partial charge in [-0.2, -0.15) is 0 Å². The molecule has 12 nitrogen and oxygen atoms in total. The Labute approximate surface area is 244 Å². The molecule has 1 heterocycles. The van der Waals surface area contributed by atoms with Crippen molar-refractivity contribution in [2.45, 2.75) is 69.3 Å². The Hall–Kier alpha value is -4.26. The van der Waals surface area contributed by atoms with E-state index in [-0.39, 0.29) is 19.3 Å². The van der Waals surface area contributed by atoms with Gasteiger partial charge in [-0.05, 0) is 56.3 Å². The number of nitrogens with two attached hydrogens (primary N) is 2. The summed E-state index contributed by atoms with van der Waals surface area (Å²) in [6.07, 6.45) is 1.99. The van der Waals surface area contributed by atoms with Crippen LogP contribution in [0.25, 0.3) is 10.9 Å². The Bertz CT molecular complexity index is 1340. The zero-order chi connectivity index (χ0) is 30.6. The van der Waals surface area contributed by atoms with Crippen molar-refractivity contribution in [2.24, 2.45) is 11.5 Å². The third kappa shape index (κ3) is 9.13. The van der Waals surface area contributed by atoms with Gasteiger partial charge in [-0.3, -0.25) is 14.4 Å². The SMILES string of the molecule is CC(O)C(NC(=O)C(CCCCN)NC(=O)C(N)Cc1c[nH]c2ccccc12)C(=O)NC(Cc1ccccc1)C(=O)O. The van der Waals surface area contributed by atoms with Gasteiger partial charge in [0.15, 0.2) is 0 Å². The molecule has 0 saturated carbocycles. The lowest BCUT2D eigenvalue weighted by Gasteiger charge is -2.26. The van der Waals surface area contributed by atoms with Crippen molar-refractivity contribution in [3.8, 4) is 0 Å². The van der Waals surface area contributed by atoms with E-state index >= 15 is 0 Å². The van der Waals surface area contributed by atoms with Gasteiger partial charge in [-0.15, -0.1) is 0 Å². The summed E-state index contributed by atoms with van der Waals surface area (Å²) in [4.78, 5) is 54.4. The second-order valence-electron chi connectivity index (χ2n) is 10.3. The van der Waals surface area contributed by atoms with Crippen LogP contribution >= 0.6 is 0 Å². The van der Waals surface area contributed by atoms with Crippen molar-refractivity contribution in [3.05, 3.63) is 71.9 Å². The minimum Gasteiger partial charge on any atom is -0.480 e. The van der Waals surface area contributed by atoms with Crippen LogP contribution in [0.15, 0.2) is 60.8 Å². The number of hydrogen-bond donors (Lipinski definition) is 8. The summed E-state index contributed by atoms with van der Waals surface area (Å²) < 4.78 is 0. The van der Waals surface area contributed by atoms with E-state index in [0.29, 0.717) is 24.9 Å². The van der Waals surface area contributed by atoms with Gasteiger partial charge in [0.1, 0.15) is 18.1 Å². The van der Waals surface area contributed by atoms with E-state index in [9.17, 15) is 29.4 Å². The quantitative estimate of drug-likeness (QED) is 0.110. The molecule has 2 aromatic carbocycles. The molecule has 0 aliphatic carbocycles. The molecule has 3 aromatic rings. The standard InChI is InChI=1S/C30H40N6O6/c1-18(37)26(29(40)35-25(30(41)42)15-19-9-3-2-4-10-19)36-28(39)24(13-7-8-14-31)34-27(38)22(32)16-20-17-33-23-12-6-5-11-21(20)23/h2-6,9-12,17-18,22,24-26,33,37H,7-8,13-16,31-32H2,1H3,(H,34,38)(H,35,40)(H,36,39)(H,41,42). The van der Waals surface area contributed by atoms with Gasteiger partial charge in [-0.25, -0.2) is 4.79 Å².